The van der Waals surface area contributed by atoms with Gasteiger partial charge in [0.05, 0.1) is 5.41 Å². The van der Waals surface area contributed by atoms with Crippen LogP contribution in [0, 0.1) is 33.8 Å². The Hall–Kier alpha value is -1.77. The minimum Gasteiger partial charge on any atom is -0.358 e. The Bertz CT molecular complexity index is 810. The van der Waals surface area contributed by atoms with Crippen molar-refractivity contribution in [1.82, 2.24) is 8.96 Å². The van der Waals surface area contributed by atoms with E-state index >= 15 is 0 Å². The molecular weight excluding hydrogens is 322 g/mol. The summed E-state index contributed by atoms with van der Waals surface area (Å²) in [6.45, 7) is 5.27. The summed E-state index contributed by atoms with van der Waals surface area (Å²) in [6.07, 6.45) is 2.67. The molecule has 8 nitrogen and oxygen atoms in total. The molecule has 1 aromatic rings. The molecular formula is C14H19N3O5S. The largest absolute Gasteiger partial charge is 0.358 e. The molecule has 3 rings (SSSR count). The molecule has 0 saturated heterocycles. The average Bonchev–Trinajstić information content (AvgIpc) is 2.97. The number of carbonyl (C=O) groups is 1. The smallest absolute Gasteiger partial charge is 0.358 e. The Morgan fingerprint density at radius 3 is 2.61 bits per heavy atom. The van der Waals surface area contributed by atoms with Gasteiger partial charge in [0, 0.05) is 13.3 Å². The van der Waals surface area contributed by atoms with E-state index in [0.717, 1.165) is 12.6 Å². The number of nitro groups is 1. The van der Waals surface area contributed by atoms with E-state index in [9.17, 15) is 23.3 Å². The van der Waals surface area contributed by atoms with E-state index < -0.39 is 37.3 Å². The van der Waals surface area contributed by atoms with Crippen LogP contribution in [-0.2, 0) is 14.8 Å². The number of aryl methyl sites for hydroxylation is 1. The molecule has 23 heavy (non-hydrogen) atoms. The number of ketones is 1. The first-order valence-corrected chi connectivity index (χ1v) is 9.09. The Labute approximate surface area is 134 Å². The van der Waals surface area contributed by atoms with Gasteiger partial charge in [0.2, 0.25) is 5.82 Å². The second-order valence-corrected chi connectivity index (χ2v) is 8.93. The molecule has 0 amide bonds. The zero-order chi connectivity index (χ0) is 17.2. The van der Waals surface area contributed by atoms with Crippen molar-refractivity contribution in [1.29, 1.82) is 0 Å². The molecule has 0 aliphatic heterocycles. The lowest BCUT2D eigenvalue weighted by Crippen LogP contribution is -2.43. The van der Waals surface area contributed by atoms with Crippen molar-refractivity contribution in [2.24, 2.45) is 16.7 Å². The van der Waals surface area contributed by atoms with Gasteiger partial charge >= 0.3 is 15.8 Å². The van der Waals surface area contributed by atoms with E-state index in [0.29, 0.717) is 16.8 Å². The second kappa shape index (κ2) is 4.62. The van der Waals surface area contributed by atoms with Crippen molar-refractivity contribution >= 4 is 21.6 Å². The second-order valence-electron chi connectivity index (χ2n) is 7.11. The van der Waals surface area contributed by atoms with Gasteiger partial charge in [-0.3, -0.25) is 4.79 Å². The zero-order valence-corrected chi connectivity index (χ0v) is 14.1. The van der Waals surface area contributed by atoms with Gasteiger partial charge in [-0.2, -0.15) is 8.42 Å². The summed E-state index contributed by atoms with van der Waals surface area (Å²) in [5.74, 6) is -0.810. The number of fused-ring (bicyclic) bond motifs is 2. The van der Waals surface area contributed by atoms with Gasteiger partial charge in [0.25, 0.3) is 0 Å². The van der Waals surface area contributed by atoms with Gasteiger partial charge in [0.1, 0.15) is 17.7 Å². The van der Waals surface area contributed by atoms with E-state index in [1.54, 1.807) is 0 Å². The molecule has 0 spiro atoms. The van der Waals surface area contributed by atoms with E-state index in [2.05, 4.69) is 4.98 Å². The maximum Gasteiger partial charge on any atom is 0.358 e. The molecule has 0 N–H and O–H groups in total. The molecule has 0 unspecified atom stereocenters. The molecule has 2 bridgehead atoms. The third-order valence-electron chi connectivity index (χ3n) is 5.90. The zero-order valence-electron chi connectivity index (χ0n) is 13.3. The summed E-state index contributed by atoms with van der Waals surface area (Å²) >= 11 is 0. The van der Waals surface area contributed by atoms with Crippen molar-refractivity contribution in [2.75, 3.05) is 5.75 Å². The highest BCUT2D eigenvalue weighted by molar-refractivity contribution is 7.90. The fourth-order valence-electron chi connectivity index (χ4n) is 4.37. The van der Waals surface area contributed by atoms with Crippen molar-refractivity contribution in [2.45, 2.75) is 40.0 Å². The average molecular weight is 341 g/mol. The number of Topliss-reactive ketones (excluding diaryl/α,β-unsaturated/α-hetero) is 1. The molecule has 2 atom stereocenters. The number of nitrogens with zero attached hydrogens (tertiary/aromatic N) is 3. The van der Waals surface area contributed by atoms with Crippen LogP contribution in [0.15, 0.2) is 6.20 Å². The normalized spacial score (nSPS) is 29.2. The number of carbonyl (C=O) groups excluding carboxylic acids is 1. The van der Waals surface area contributed by atoms with Crippen molar-refractivity contribution in [3.63, 3.8) is 0 Å². The minimum atomic E-state index is -4.06. The highest BCUT2D eigenvalue weighted by atomic mass is 32.2. The van der Waals surface area contributed by atoms with Crippen molar-refractivity contribution in [3.8, 4) is 0 Å². The van der Waals surface area contributed by atoms with E-state index in [1.165, 1.54) is 6.92 Å². The number of rotatable bonds is 4. The van der Waals surface area contributed by atoms with Gasteiger partial charge in [0.15, 0.2) is 0 Å². The topological polar surface area (TPSA) is 112 Å². The summed E-state index contributed by atoms with van der Waals surface area (Å²) in [6, 6.07) is 0. The first kappa shape index (κ1) is 16.1. The van der Waals surface area contributed by atoms with Crippen LogP contribution >= 0.6 is 0 Å². The fraction of sp³-hybridized carbons (Fsp3) is 0.714. The van der Waals surface area contributed by atoms with Gasteiger partial charge in [-0.05, 0) is 29.1 Å². The standard InChI is InChI=1S/C14H19N3O5S/c1-9-15-7-12(17(19)20)16(9)23(21,22)8-14-5-4-10(6-11(14)18)13(14,2)3/h7,10H,4-6,8H2,1-3H3/t10-,14-/m0/s1. The lowest BCUT2D eigenvalue weighted by molar-refractivity contribution is -0.390. The maximum atomic E-state index is 12.9. The fourth-order valence-corrected chi connectivity index (χ4v) is 6.65. The first-order chi connectivity index (χ1) is 10.5. The predicted molar refractivity (Wildman–Crippen MR) is 81.4 cm³/mol. The number of aromatic nitrogens is 2. The molecule has 9 heteroatoms. The van der Waals surface area contributed by atoms with Crippen LogP contribution < -0.4 is 0 Å². The third kappa shape index (κ3) is 1.98. The highest BCUT2D eigenvalue weighted by Gasteiger charge is 2.66. The molecule has 2 aliphatic rings. The SMILES string of the molecule is Cc1ncc([N+](=O)[O-])n1S(=O)(=O)C[C@@]12CC[C@@H](CC1=O)C2(C)C. The Morgan fingerprint density at radius 1 is 1.48 bits per heavy atom. The van der Waals surface area contributed by atoms with Crippen molar-refractivity contribution in [3.05, 3.63) is 22.1 Å². The maximum absolute atomic E-state index is 12.9. The van der Waals surface area contributed by atoms with Gasteiger partial charge in [-0.15, -0.1) is 0 Å². The van der Waals surface area contributed by atoms with Gasteiger partial charge in [-0.25, -0.2) is 4.98 Å². The van der Waals surface area contributed by atoms with Crippen LogP contribution in [-0.4, -0.2) is 33.8 Å². The quantitative estimate of drug-likeness (QED) is 0.608. The molecule has 2 aliphatic carbocycles. The summed E-state index contributed by atoms with van der Waals surface area (Å²) in [5, 5.41) is 11.1. The van der Waals surface area contributed by atoms with E-state index in [1.807, 2.05) is 13.8 Å². The van der Waals surface area contributed by atoms with Crippen molar-refractivity contribution < 1.29 is 18.1 Å². The van der Waals surface area contributed by atoms with Crippen LogP contribution in [0.5, 0.6) is 0 Å². The Kier molecular flexibility index (Phi) is 3.24. The third-order valence-corrected chi connectivity index (χ3v) is 7.77. The number of hydrogen-bond donors (Lipinski definition) is 0. The van der Waals surface area contributed by atoms with Crippen LogP contribution in [0.25, 0.3) is 0 Å². The molecule has 1 aromatic heterocycles. The molecule has 0 aromatic carbocycles. The molecule has 2 fully saturated rings. The molecule has 126 valence electrons. The van der Waals surface area contributed by atoms with Crippen LogP contribution in [0.1, 0.15) is 38.9 Å². The van der Waals surface area contributed by atoms with Crippen LogP contribution in [0.4, 0.5) is 5.82 Å². The summed E-state index contributed by atoms with van der Waals surface area (Å²) in [7, 11) is -4.06. The highest BCUT2D eigenvalue weighted by Crippen LogP contribution is 2.64. The Balaban J connectivity index is 2.08. The summed E-state index contributed by atoms with van der Waals surface area (Å²) in [5.41, 5.74) is -1.37. The van der Waals surface area contributed by atoms with Gasteiger partial charge < -0.3 is 10.1 Å². The number of imidazole rings is 1. The lowest BCUT2D eigenvalue weighted by Gasteiger charge is -2.35. The minimum absolute atomic E-state index is 0.0332. The summed E-state index contributed by atoms with van der Waals surface area (Å²) < 4.78 is 26.4. The van der Waals surface area contributed by atoms with Crippen LogP contribution in [0.3, 0.4) is 0 Å². The number of hydrogen-bond acceptors (Lipinski definition) is 6. The lowest BCUT2D eigenvalue weighted by atomic mass is 9.70. The van der Waals surface area contributed by atoms with E-state index in [4.69, 9.17) is 0 Å². The Morgan fingerprint density at radius 2 is 2.13 bits per heavy atom. The molecule has 2 saturated carbocycles. The molecule has 0 radical (unpaired) electrons. The first-order valence-electron chi connectivity index (χ1n) is 7.48. The summed E-state index contributed by atoms with van der Waals surface area (Å²) in [4.78, 5) is 26.6. The monoisotopic (exact) mass is 341 g/mol. The molecule has 1 heterocycles. The van der Waals surface area contributed by atoms with E-state index in [-0.39, 0.29) is 17.5 Å². The van der Waals surface area contributed by atoms with Gasteiger partial charge in [-0.1, -0.05) is 17.8 Å². The van der Waals surface area contributed by atoms with Crippen LogP contribution in [0.2, 0.25) is 0 Å². The predicted octanol–water partition coefficient (Wildman–Crippen LogP) is 1.67.